The van der Waals surface area contributed by atoms with Gasteiger partial charge in [0.15, 0.2) is 11.6 Å². The second-order valence-electron chi connectivity index (χ2n) is 3.37. The zero-order chi connectivity index (χ0) is 12.6. The molecule has 17 heavy (non-hydrogen) atoms. The van der Waals surface area contributed by atoms with Crippen LogP contribution in [-0.4, -0.2) is 5.11 Å². The fourth-order valence-electron chi connectivity index (χ4n) is 1.40. The highest BCUT2D eigenvalue weighted by Crippen LogP contribution is 2.33. The third-order valence-electron chi connectivity index (χ3n) is 2.27. The molecule has 6 heteroatoms. The predicted octanol–water partition coefficient (Wildman–Crippen LogP) is 4.01. The van der Waals surface area contributed by atoms with E-state index in [0.717, 1.165) is 0 Å². The summed E-state index contributed by atoms with van der Waals surface area (Å²) in [6, 6.07) is 1.09. The van der Waals surface area contributed by atoms with Crippen molar-refractivity contribution in [2.75, 3.05) is 0 Å². The highest BCUT2D eigenvalue weighted by molar-refractivity contribution is 9.10. The van der Waals surface area contributed by atoms with E-state index in [1.165, 1.54) is 11.3 Å². The molecule has 0 bridgehead atoms. The molecular formula is C11H6BrF3OS. The summed E-state index contributed by atoms with van der Waals surface area (Å²) in [4.78, 5) is 0. The Hall–Kier alpha value is -0.850. The molecule has 0 aliphatic carbocycles. The van der Waals surface area contributed by atoms with E-state index in [1.54, 1.807) is 10.8 Å². The van der Waals surface area contributed by atoms with Crippen LogP contribution in [0.25, 0.3) is 0 Å². The zero-order valence-corrected chi connectivity index (χ0v) is 10.7. The maximum Gasteiger partial charge on any atom is 0.161 e. The molecule has 0 saturated heterocycles. The number of aliphatic hydroxyl groups is 1. The first-order chi connectivity index (χ1) is 8.00. The topological polar surface area (TPSA) is 20.2 Å². The molecule has 1 nitrogen and oxygen atoms in total. The van der Waals surface area contributed by atoms with E-state index < -0.39 is 23.6 Å². The van der Waals surface area contributed by atoms with E-state index in [0.29, 0.717) is 22.2 Å². The van der Waals surface area contributed by atoms with Crippen LogP contribution in [0.5, 0.6) is 0 Å². The zero-order valence-electron chi connectivity index (χ0n) is 8.25. The molecule has 0 saturated carbocycles. The van der Waals surface area contributed by atoms with Crippen molar-refractivity contribution in [2.24, 2.45) is 0 Å². The van der Waals surface area contributed by atoms with Gasteiger partial charge in [-0.25, -0.2) is 13.2 Å². The molecule has 90 valence electrons. The number of thiophene rings is 1. The van der Waals surface area contributed by atoms with Crippen LogP contribution < -0.4 is 0 Å². The maximum absolute atomic E-state index is 13.4. The van der Waals surface area contributed by atoms with E-state index in [2.05, 4.69) is 15.9 Å². The van der Waals surface area contributed by atoms with Crippen LogP contribution in [0.1, 0.15) is 17.2 Å². The number of aliphatic hydroxyl groups excluding tert-OH is 1. The van der Waals surface area contributed by atoms with E-state index in [-0.39, 0.29) is 5.56 Å². The lowest BCUT2D eigenvalue weighted by Crippen LogP contribution is -2.04. The summed E-state index contributed by atoms with van der Waals surface area (Å²) >= 11 is 4.49. The summed E-state index contributed by atoms with van der Waals surface area (Å²) in [5.41, 5.74) is 0.128. The van der Waals surface area contributed by atoms with Crippen molar-refractivity contribution in [1.82, 2.24) is 0 Å². The molecule has 1 aromatic heterocycles. The lowest BCUT2D eigenvalue weighted by Gasteiger charge is -2.11. The highest BCUT2D eigenvalue weighted by atomic mass is 79.9. The minimum absolute atomic E-state index is 0.289. The second-order valence-corrected chi connectivity index (χ2v) is 4.96. The van der Waals surface area contributed by atoms with E-state index in [4.69, 9.17) is 0 Å². The third kappa shape index (κ3) is 2.38. The largest absolute Gasteiger partial charge is 0.383 e. The van der Waals surface area contributed by atoms with Gasteiger partial charge in [-0.3, -0.25) is 0 Å². The van der Waals surface area contributed by atoms with Gasteiger partial charge in [0.1, 0.15) is 11.9 Å². The van der Waals surface area contributed by atoms with Crippen molar-refractivity contribution < 1.29 is 18.3 Å². The number of rotatable bonds is 2. The molecule has 2 rings (SSSR count). The summed E-state index contributed by atoms with van der Waals surface area (Å²) in [7, 11) is 0. The SMILES string of the molecule is OC(c1cc(F)c(F)cc1F)c1cscc1Br. The van der Waals surface area contributed by atoms with Crippen LogP contribution in [0.2, 0.25) is 0 Å². The molecule has 1 aromatic carbocycles. The van der Waals surface area contributed by atoms with Crippen LogP contribution in [0.15, 0.2) is 27.4 Å². The van der Waals surface area contributed by atoms with Gasteiger partial charge in [0, 0.05) is 27.0 Å². The Morgan fingerprint density at radius 3 is 2.24 bits per heavy atom. The molecule has 2 aromatic rings. The third-order valence-corrected chi connectivity index (χ3v) is 4.02. The molecule has 0 aliphatic heterocycles. The quantitative estimate of drug-likeness (QED) is 0.828. The Labute approximate surface area is 108 Å². The van der Waals surface area contributed by atoms with Gasteiger partial charge in [0.05, 0.1) is 0 Å². The maximum atomic E-state index is 13.4. The van der Waals surface area contributed by atoms with Crippen LogP contribution >= 0.6 is 27.3 Å². The van der Waals surface area contributed by atoms with Gasteiger partial charge in [-0.05, 0) is 27.4 Å². The Kier molecular flexibility index (Phi) is 3.56. The molecule has 0 amide bonds. The van der Waals surface area contributed by atoms with Crippen molar-refractivity contribution in [1.29, 1.82) is 0 Å². The number of hydrogen-bond donors (Lipinski definition) is 1. The molecule has 0 aliphatic rings. The molecule has 1 unspecified atom stereocenters. The number of hydrogen-bond acceptors (Lipinski definition) is 2. The molecule has 0 radical (unpaired) electrons. The van der Waals surface area contributed by atoms with Gasteiger partial charge in [-0.15, -0.1) is 0 Å². The van der Waals surface area contributed by atoms with Crippen LogP contribution in [0.3, 0.4) is 0 Å². The molecule has 0 fully saturated rings. The lowest BCUT2D eigenvalue weighted by atomic mass is 10.0. The van der Waals surface area contributed by atoms with Crippen molar-refractivity contribution in [3.8, 4) is 0 Å². The normalized spacial score (nSPS) is 12.8. The van der Waals surface area contributed by atoms with Gasteiger partial charge in [-0.1, -0.05) is 0 Å². The van der Waals surface area contributed by atoms with Crippen molar-refractivity contribution in [3.05, 3.63) is 55.9 Å². The average molecular weight is 323 g/mol. The van der Waals surface area contributed by atoms with Crippen molar-refractivity contribution in [3.63, 3.8) is 0 Å². The number of benzene rings is 1. The highest BCUT2D eigenvalue weighted by Gasteiger charge is 2.20. The first-order valence-corrected chi connectivity index (χ1v) is 6.28. The minimum atomic E-state index is -1.33. The van der Waals surface area contributed by atoms with Crippen molar-refractivity contribution in [2.45, 2.75) is 6.10 Å². The smallest absolute Gasteiger partial charge is 0.161 e. The lowest BCUT2D eigenvalue weighted by molar-refractivity contribution is 0.213. The second kappa shape index (κ2) is 4.80. The first-order valence-electron chi connectivity index (χ1n) is 4.54. The summed E-state index contributed by atoms with van der Waals surface area (Å²) in [5.74, 6) is -3.44. The standard InChI is InChI=1S/C11H6BrF3OS/c12-7-4-17-3-6(7)11(16)5-1-9(14)10(15)2-8(5)13/h1-4,11,16H. The monoisotopic (exact) mass is 322 g/mol. The van der Waals surface area contributed by atoms with Crippen LogP contribution in [0.4, 0.5) is 13.2 Å². The van der Waals surface area contributed by atoms with E-state index in [9.17, 15) is 18.3 Å². The molecule has 1 heterocycles. The Morgan fingerprint density at radius 1 is 1.00 bits per heavy atom. The Morgan fingerprint density at radius 2 is 1.65 bits per heavy atom. The fourth-order valence-corrected chi connectivity index (χ4v) is 2.93. The minimum Gasteiger partial charge on any atom is -0.383 e. The summed E-state index contributed by atoms with van der Waals surface area (Å²) in [5, 5.41) is 13.2. The Balaban J connectivity index is 2.48. The van der Waals surface area contributed by atoms with Crippen LogP contribution in [-0.2, 0) is 0 Å². The summed E-state index contributed by atoms with van der Waals surface area (Å²) in [6.07, 6.45) is -1.33. The van der Waals surface area contributed by atoms with Gasteiger partial charge < -0.3 is 5.11 Å². The predicted molar refractivity (Wildman–Crippen MR) is 62.4 cm³/mol. The van der Waals surface area contributed by atoms with Gasteiger partial charge in [0.2, 0.25) is 0 Å². The summed E-state index contributed by atoms with van der Waals surface area (Å²) in [6.45, 7) is 0. The van der Waals surface area contributed by atoms with Crippen LogP contribution in [0, 0.1) is 17.5 Å². The molecule has 1 atom stereocenters. The van der Waals surface area contributed by atoms with Crippen molar-refractivity contribution >= 4 is 27.3 Å². The Bertz CT molecular complexity index is 556. The molecule has 0 spiro atoms. The van der Waals surface area contributed by atoms with E-state index >= 15 is 0 Å². The molecule has 1 N–H and O–H groups in total. The van der Waals surface area contributed by atoms with Gasteiger partial charge in [0.25, 0.3) is 0 Å². The van der Waals surface area contributed by atoms with Gasteiger partial charge in [-0.2, -0.15) is 11.3 Å². The summed E-state index contributed by atoms with van der Waals surface area (Å²) < 4.78 is 39.8. The average Bonchev–Trinajstić information content (AvgIpc) is 2.69. The molecular weight excluding hydrogens is 317 g/mol. The van der Waals surface area contributed by atoms with E-state index in [1.807, 2.05) is 0 Å². The number of halogens is 4. The first kappa shape index (κ1) is 12.6. The fraction of sp³-hybridized carbons (Fsp3) is 0.0909. The van der Waals surface area contributed by atoms with Gasteiger partial charge >= 0.3 is 0 Å².